The average molecular weight is 345 g/mol. The summed E-state index contributed by atoms with van der Waals surface area (Å²) in [5.74, 6) is 0.117. The monoisotopic (exact) mass is 344 g/mol. The fraction of sp³-hybridized carbons (Fsp3) is 0.0667. The van der Waals surface area contributed by atoms with Crippen LogP contribution in [-0.2, 0) is 0 Å². The largest absolute Gasteiger partial charge is 0.394 e. The Balaban J connectivity index is 1.91. The summed E-state index contributed by atoms with van der Waals surface area (Å²) in [6, 6.07) is 11.4. The number of nitrogens with one attached hydrogen (secondary N) is 2. The molecule has 3 rings (SSSR count). The number of amides is 1. The van der Waals surface area contributed by atoms with Gasteiger partial charge in [-0.25, -0.2) is 0 Å². The lowest BCUT2D eigenvalue weighted by atomic mass is 10.1. The first-order chi connectivity index (χ1) is 10.0. The molecule has 0 radical (unpaired) electrons. The summed E-state index contributed by atoms with van der Waals surface area (Å²) in [5, 5.41) is 11.5. The first-order valence-electron chi connectivity index (χ1n) is 6.36. The van der Waals surface area contributed by atoms with Crippen molar-refractivity contribution < 1.29 is 4.79 Å². The third kappa shape index (κ3) is 2.62. The molecule has 0 saturated carbocycles. The van der Waals surface area contributed by atoms with Crippen LogP contribution in [0.1, 0.15) is 16.1 Å². The van der Waals surface area contributed by atoms with Gasteiger partial charge in [-0.1, -0.05) is 28.1 Å². The highest BCUT2D eigenvalue weighted by atomic mass is 79.9. The lowest BCUT2D eigenvalue weighted by Gasteiger charge is -2.05. The van der Waals surface area contributed by atoms with Gasteiger partial charge in [0.2, 0.25) is 0 Å². The van der Waals surface area contributed by atoms with E-state index in [9.17, 15) is 4.79 Å². The van der Waals surface area contributed by atoms with Crippen molar-refractivity contribution in [1.29, 1.82) is 0 Å². The van der Waals surface area contributed by atoms with Crippen molar-refractivity contribution in [2.75, 3.05) is 11.1 Å². The first kappa shape index (κ1) is 13.6. The number of anilines is 2. The van der Waals surface area contributed by atoms with E-state index in [-0.39, 0.29) is 5.91 Å². The summed E-state index contributed by atoms with van der Waals surface area (Å²) in [7, 11) is 0. The second kappa shape index (κ2) is 5.21. The number of hydrogen-bond donors (Lipinski definition) is 3. The topological polar surface area (TPSA) is 83.8 Å². The molecule has 0 aliphatic heterocycles. The van der Waals surface area contributed by atoms with Crippen LogP contribution in [0.4, 0.5) is 11.5 Å². The first-order valence-corrected chi connectivity index (χ1v) is 7.15. The third-order valence-electron chi connectivity index (χ3n) is 3.29. The lowest BCUT2D eigenvalue weighted by Crippen LogP contribution is -2.13. The number of nitrogen functional groups attached to an aromatic ring is 1. The maximum Gasteiger partial charge on any atom is 0.256 e. The number of rotatable bonds is 2. The Morgan fingerprint density at radius 2 is 1.95 bits per heavy atom. The van der Waals surface area contributed by atoms with Gasteiger partial charge in [0.05, 0.1) is 11.4 Å². The van der Waals surface area contributed by atoms with E-state index in [4.69, 9.17) is 5.73 Å². The number of nitrogens with two attached hydrogens (primary N) is 1. The molecule has 0 atom stereocenters. The van der Waals surface area contributed by atoms with E-state index in [1.54, 1.807) is 13.0 Å². The molecule has 4 N–H and O–H groups in total. The van der Waals surface area contributed by atoms with Crippen LogP contribution in [0.25, 0.3) is 10.8 Å². The second-order valence-corrected chi connectivity index (χ2v) is 5.69. The van der Waals surface area contributed by atoms with Gasteiger partial charge in [0.1, 0.15) is 0 Å². The van der Waals surface area contributed by atoms with E-state index in [0.717, 1.165) is 20.9 Å². The molecule has 3 aromatic rings. The molecule has 0 aliphatic carbocycles. The van der Waals surface area contributed by atoms with Crippen LogP contribution < -0.4 is 11.1 Å². The van der Waals surface area contributed by atoms with Crippen LogP contribution in [-0.4, -0.2) is 16.1 Å². The number of carbonyl (C=O) groups is 1. The molecule has 0 fully saturated rings. The Morgan fingerprint density at radius 1 is 1.24 bits per heavy atom. The molecule has 0 bridgehead atoms. The standard InChI is InChI=1S/C15H13BrN4O/c1-8-13(17)14(20-19-8)18-15(21)11-3-2-10-7-12(16)5-4-9(10)6-11/h2-7H,17H2,1H3,(H2,18,19,20,21). The van der Waals surface area contributed by atoms with Crippen molar-refractivity contribution in [3.05, 3.63) is 52.1 Å². The van der Waals surface area contributed by atoms with Gasteiger partial charge >= 0.3 is 0 Å². The molecule has 2 aromatic carbocycles. The van der Waals surface area contributed by atoms with Gasteiger partial charge in [-0.2, -0.15) is 5.10 Å². The number of fused-ring (bicyclic) bond motifs is 1. The van der Waals surface area contributed by atoms with Gasteiger partial charge in [0, 0.05) is 10.0 Å². The van der Waals surface area contributed by atoms with Gasteiger partial charge in [0.15, 0.2) is 5.82 Å². The van der Waals surface area contributed by atoms with Crippen molar-refractivity contribution in [2.24, 2.45) is 0 Å². The summed E-state index contributed by atoms with van der Waals surface area (Å²) in [6.45, 7) is 1.80. The van der Waals surface area contributed by atoms with Gasteiger partial charge in [-0.15, -0.1) is 0 Å². The smallest absolute Gasteiger partial charge is 0.256 e. The molecule has 0 aliphatic rings. The Labute approximate surface area is 129 Å². The number of nitrogens with zero attached hydrogens (tertiary/aromatic N) is 1. The van der Waals surface area contributed by atoms with Gasteiger partial charge < -0.3 is 11.1 Å². The zero-order valence-electron chi connectivity index (χ0n) is 11.3. The number of halogens is 1. The molecule has 0 spiro atoms. The summed E-state index contributed by atoms with van der Waals surface area (Å²) >= 11 is 3.43. The van der Waals surface area contributed by atoms with E-state index in [0.29, 0.717) is 17.1 Å². The molecule has 1 amide bonds. The summed E-state index contributed by atoms with van der Waals surface area (Å²) < 4.78 is 1.01. The predicted octanol–water partition coefficient (Wildman–Crippen LogP) is 3.47. The molecule has 0 saturated heterocycles. The molecule has 0 unspecified atom stereocenters. The van der Waals surface area contributed by atoms with E-state index < -0.39 is 0 Å². The number of aromatic amines is 1. The van der Waals surface area contributed by atoms with Gasteiger partial charge in [-0.05, 0) is 42.0 Å². The highest BCUT2D eigenvalue weighted by Gasteiger charge is 2.12. The Hall–Kier alpha value is -2.34. The lowest BCUT2D eigenvalue weighted by molar-refractivity contribution is 0.102. The third-order valence-corrected chi connectivity index (χ3v) is 3.78. The summed E-state index contributed by atoms with van der Waals surface area (Å²) in [5.41, 5.74) is 7.56. The molecule has 106 valence electrons. The molecule has 21 heavy (non-hydrogen) atoms. The second-order valence-electron chi connectivity index (χ2n) is 4.77. The number of hydrogen-bond acceptors (Lipinski definition) is 3. The summed E-state index contributed by atoms with van der Waals surface area (Å²) in [4.78, 5) is 12.3. The quantitative estimate of drug-likeness (QED) is 0.665. The minimum atomic E-state index is -0.238. The Kier molecular flexibility index (Phi) is 3.39. The minimum Gasteiger partial charge on any atom is -0.394 e. The minimum absolute atomic E-state index is 0.238. The van der Waals surface area contributed by atoms with Crippen LogP contribution in [0.2, 0.25) is 0 Å². The molecular formula is C15H13BrN4O. The van der Waals surface area contributed by atoms with Gasteiger partial charge in [-0.3, -0.25) is 9.89 Å². The highest BCUT2D eigenvalue weighted by molar-refractivity contribution is 9.10. The van der Waals surface area contributed by atoms with E-state index >= 15 is 0 Å². The van der Waals surface area contributed by atoms with Gasteiger partial charge in [0.25, 0.3) is 5.91 Å². The average Bonchev–Trinajstić information content (AvgIpc) is 2.78. The van der Waals surface area contributed by atoms with Crippen molar-refractivity contribution in [3.63, 3.8) is 0 Å². The number of aromatic nitrogens is 2. The number of aryl methyl sites for hydroxylation is 1. The van der Waals surface area contributed by atoms with Crippen LogP contribution in [0.15, 0.2) is 40.9 Å². The normalized spacial score (nSPS) is 10.8. The van der Waals surface area contributed by atoms with Crippen LogP contribution >= 0.6 is 15.9 Å². The van der Waals surface area contributed by atoms with E-state index in [1.807, 2.05) is 30.3 Å². The van der Waals surface area contributed by atoms with Crippen molar-refractivity contribution in [2.45, 2.75) is 6.92 Å². The molecule has 6 heteroatoms. The predicted molar refractivity (Wildman–Crippen MR) is 87.3 cm³/mol. The van der Waals surface area contributed by atoms with Crippen LogP contribution in [0.3, 0.4) is 0 Å². The number of carbonyl (C=O) groups excluding carboxylic acids is 1. The maximum absolute atomic E-state index is 12.3. The highest BCUT2D eigenvalue weighted by Crippen LogP contribution is 2.22. The number of benzene rings is 2. The summed E-state index contributed by atoms with van der Waals surface area (Å²) in [6.07, 6.45) is 0. The molecule has 1 heterocycles. The van der Waals surface area contributed by atoms with E-state index in [1.165, 1.54) is 0 Å². The SMILES string of the molecule is Cc1[nH]nc(NC(=O)c2ccc3cc(Br)ccc3c2)c1N. The van der Waals surface area contributed by atoms with E-state index in [2.05, 4.69) is 31.4 Å². The zero-order valence-corrected chi connectivity index (χ0v) is 12.9. The maximum atomic E-state index is 12.3. The Bertz CT molecular complexity index is 841. The van der Waals surface area contributed by atoms with Crippen molar-refractivity contribution in [1.82, 2.24) is 10.2 Å². The Morgan fingerprint density at radius 3 is 2.67 bits per heavy atom. The molecule has 1 aromatic heterocycles. The number of H-pyrrole nitrogens is 1. The molecule has 5 nitrogen and oxygen atoms in total. The van der Waals surface area contributed by atoms with Crippen molar-refractivity contribution in [3.8, 4) is 0 Å². The zero-order chi connectivity index (χ0) is 15.0. The van der Waals surface area contributed by atoms with Crippen molar-refractivity contribution >= 4 is 44.1 Å². The van der Waals surface area contributed by atoms with Crippen LogP contribution in [0.5, 0.6) is 0 Å². The fourth-order valence-electron chi connectivity index (χ4n) is 2.07. The molecular weight excluding hydrogens is 332 g/mol. The van der Waals surface area contributed by atoms with Crippen LogP contribution in [0, 0.1) is 6.92 Å². The fourth-order valence-corrected chi connectivity index (χ4v) is 2.45.